The number of carbonyl (C=O) groups excluding carboxylic acids is 1. The van der Waals surface area contributed by atoms with E-state index in [-0.39, 0.29) is 18.5 Å². The van der Waals surface area contributed by atoms with E-state index in [2.05, 4.69) is 28.8 Å². The largest absolute Gasteiger partial charge is 0.351 e. The maximum Gasteiger partial charge on any atom is 0.234 e. The van der Waals surface area contributed by atoms with Crippen LogP contribution in [0.1, 0.15) is 22.0 Å². The molecule has 1 aromatic heterocycles. The van der Waals surface area contributed by atoms with Crippen molar-refractivity contribution in [3.63, 3.8) is 0 Å². The molecule has 3 aromatic rings. The first kappa shape index (κ1) is 18.9. The fourth-order valence-electron chi connectivity index (χ4n) is 2.60. The van der Waals surface area contributed by atoms with Gasteiger partial charge in [-0.15, -0.1) is 11.3 Å². The van der Waals surface area contributed by atoms with Crippen molar-refractivity contribution in [1.82, 2.24) is 10.6 Å². The molecule has 3 rings (SSSR count). The van der Waals surface area contributed by atoms with Gasteiger partial charge in [0.15, 0.2) is 0 Å². The van der Waals surface area contributed by atoms with Crippen LogP contribution in [0.15, 0.2) is 66.0 Å². The third-order valence-corrected chi connectivity index (χ3v) is 5.44. The number of nitrogens with one attached hydrogen (secondary N) is 2. The summed E-state index contributed by atoms with van der Waals surface area (Å²) in [5.41, 5.74) is 1.96. The van der Waals surface area contributed by atoms with Crippen LogP contribution in [0.5, 0.6) is 0 Å². The summed E-state index contributed by atoms with van der Waals surface area (Å²) >= 11 is 13.7. The predicted molar refractivity (Wildman–Crippen MR) is 109 cm³/mol. The monoisotopic (exact) mass is 404 g/mol. The van der Waals surface area contributed by atoms with E-state index in [1.807, 2.05) is 35.7 Å². The third-order valence-electron chi connectivity index (χ3n) is 3.92. The molecule has 0 saturated carbocycles. The highest BCUT2D eigenvalue weighted by molar-refractivity contribution is 7.10. The molecule has 6 heteroatoms. The highest BCUT2D eigenvalue weighted by Gasteiger charge is 2.16. The minimum Gasteiger partial charge on any atom is -0.351 e. The second kappa shape index (κ2) is 9.19. The third kappa shape index (κ3) is 5.08. The Bertz CT molecular complexity index is 854. The molecule has 1 amide bonds. The molecule has 1 heterocycles. The van der Waals surface area contributed by atoms with Crippen molar-refractivity contribution in [2.45, 2.75) is 12.6 Å². The number of halogens is 2. The van der Waals surface area contributed by atoms with Gasteiger partial charge in [0.2, 0.25) is 5.91 Å². The van der Waals surface area contributed by atoms with Gasteiger partial charge in [0.1, 0.15) is 0 Å². The zero-order valence-corrected chi connectivity index (χ0v) is 16.2. The van der Waals surface area contributed by atoms with Crippen molar-refractivity contribution in [2.75, 3.05) is 6.54 Å². The summed E-state index contributed by atoms with van der Waals surface area (Å²) in [6, 6.07) is 19.4. The van der Waals surface area contributed by atoms with Gasteiger partial charge in [0.25, 0.3) is 0 Å². The quantitative estimate of drug-likeness (QED) is 0.578. The summed E-state index contributed by atoms with van der Waals surface area (Å²) in [5.74, 6) is -0.0893. The van der Waals surface area contributed by atoms with Crippen LogP contribution in [-0.4, -0.2) is 12.5 Å². The van der Waals surface area contributed by atoms with Crippen LogP contribution in [0.2, 0.25) is 10.0 Å². The van der Waals surface area contributed by atoms with E-state index in [4.69, 9.17) is 23.2 Å². The van der Waals surface area contributed by atoms with Crippen molar-refractivity contribution in [1.29, 1.82) is 0 Å². The van der Waals surface area contributed by atoms with Gasteiger partial charge in [-0.3, -0.25) is 10.1 Å². The molecule has 26 heavy (non-hydrogen) atoms. The Hall–Kier alpha value is -1.85. The van der Waals surface area contributed by atoms with E-state index in [0.29, 0.717) is 16.6 Å². The van der Waals surface area contributed by atoms with Crippen molar-refractivity contribution in [2.24, 2.45) is 0 Å². The molecule has 2 aromatic carbocycles. The van der Waals surface area contributed by atoms with E-state index in [0.717, 1.165) is 11.1 Å². The SMILES string of the molecule is O=C(CN[C@H](c1ccccc1)c1cccs1)NCc1ccc(Cl)cc1Cl. The zero-order chi connectivity index (χ0) is 18.4. The Morgan fingerprint density at radius 1 is 1.04 bits per heavy atom. The summed E-state index contributed by atoms with van der Waals surface area (Å²) in [4.78, 5) is 13.4. The van der Waals surface area contributed by atoms with E-state index in [1.165, 1.54) is 4.88 Å². The van der Waals surface area contributed by atoms with Gasteiger partial charge in [0, 0.05) is 21.5 Å². The van der Waals surface area contributed by atoms with Crippen molar-refractivity contribution in [3.8, 4) is 0 Å². The minimum absolute atomic E-state index is 0.0129. The average Bonchev–Trinajstić information content (AvgIpc) is 3.16. The Labute approximate surface area is 167 Å². The molecular weight excluding hydrogens is 387 g/mol. The zero-order valence-electron chi connectivity index (χ0n) is 13.9. The van der Waals surface area contributed by atoms with Crippen LogP contribution >= 0.6 is 34.5 Å². The maximum atomic E-state index is 12.3. The molecule has 0 aliphatic rings. The van der Waals surface area contributed by atoms with Crippen molar-refractivity contribution < 1.29 is 4.79 Å². The fourth-order valence-corrected chi connectivity index (χ4v) is 3.90. The summed E-state index contributed by atoms with van der Waals surface area (Å²) in [6.45, 7) is 0.578. The van der Waals surface area contributed by atoms with Gasteiger partial charge >= 0.3 is 0 Å². The summed E-state index contributed by atoms with van der Waals surface area (Å²) in [5, 5.41) is 9.39. The summed E-state index contributed by atoms with van der Waals surface area (Å²) in [6.07, 6.45) is 0. The number of thiophene rings is 1. The van der Waals surface area contributed by atoms with E-state index in [9.17, 15) is 4.79 Å². The highest BCUT2D eigenvalue weighted by Crippen LogP contribution is 2.25. The molecule has 0 aliphatic heterocycles. The van der Waals surface area contributed by atoms with Gasteiger partial charge in [-0.1, -0.05) is 65.7 Å². The highest BCUT2D eigenvalue weighted by atomic mass is 35.5. The lowest BCUT2D eigenvalue weighted by Crippen LogP contribution is -2.35. The van der Waals surface area contributed by atoms with E-state index >= 15 is 0 Å². The van der Waals surface area contributed by atoms with Crippen LogP contribution in [-0.2, 0) is 11.3 Å². The van der Waals surface area contributed by atoms with Crippen molar-refractivity contribution in [3.05, 3.63) is 92.1 Å². The van der Waals surface area contributed by atoms with Crippen LogP contribution in [0.25, 0.3) is 0 Å². The smallest absolute Gasteiger partial charge is 0.234 e. The Balaban J connectivity index is 1.59. The minimum atomic E-state index is -0.0893. The Kier molecular flexibility index (Phi) is 6.69. The fraction of sp³-hybridized carbons (Fsp3) is 0.150. The number of hydrogen-bond donors (Lipinski definition) is 2. The Morgan fingerprint density at radius 2 is 1.85 bits per heavy atom. The van der Waals surface area contributed by atoms with Gasteiger partial charge < -0.3 is 5.32 Å². The van der Waals surface area contributed by atoms with E-state index in [1.54, 1.807) is 23.5 Å². The lowest BCUT2D eigenvalue weighted by Gasteiger charge is -2.18. The molecule has 0 saturated heterocycles. The van der Waals surface area contributed by atoms with Gasteiger partial charge in [-0.05, 0) is 34.7 Å². The lowest BCUT2D eigenvalue weighted by atomic mass is 10.1. The number of rotatable bonds is 7. The van der Waals surface area contributed by atoms with Crippen LogP contribution in [0, 0.1) is 0 Å². The van der Waals surface area contributed by atoms with Gasteiger partial charge in [-0.2, -0.15) is 0 Å². The molecule has 2 N–H and O–H groups in total. The van der Waals surface area contributed by atoms with Crippen LogP contribution in [0.4, 0.5) is 0 Å². The number of hydrogen-bond acceptors (Lipinski definition) is 3. The van der Waals surface area contributed by atoms with E-state index < -0.39 is 0 Å². The first-order chi connectivity index (χ1) is 12.6. The number of benzene rings is 2. The normalized spacial score (nSPS) is 11.9. The number of amides is 1. The summed E-state index contributed by atoms with van der Waals surface area (Å²) < 4.78 is 0. The molecule has 134 valence electrons. The molecule has 0 radical (unpaired) electrons. The van der Waals surface area contributed by atoms with Gasteiger partial charge in [-0.25, -0.2) is 0 Å². The first-order valence-corrected chi connectivity index (χ1v) is 9.79. The second-order valence-electron chi connectivity index (χ2n) is 5.75. The molecule has 1 atom stereocenters. The second-order valence-corrected chi connectivity index (χ2v) is 7.58. The molecule has 0 bridgehead atoms. The lowest BCUT2D eigenvalue weighted by molar-refractivity contribution is -0.120. The standard InChI is InChI=1S/C20H18Cl2N2OS/c21-16-9-8-15(17(22)11-16)12-23-19(25)13-24-20(18-7-4-10-26-18)14-5-2-1-3-6-14/h1-11,20,24H,12-13H2,(H,23,25)/t20-/m1/s1. The van der Waals surface area contributed by atoms with Crippen molar-refractivity contribution >= 4 is 40.4 Å². The molecule has 0 fully saturated rings. The molecule has 0 unspecified atom stereocenters. The van der Waals surface area contributed by atoms with Crippen LogP contribution < -0.4 is 10.6 Å². The molecule has 0 aliphatic carbocycles. The maximum absolute atomic E-state index is 12.3. The van der Waals surface area contributed by atoms with Gasteiger partial charge in [0.05, 0.1) is 12.6 Å². The number of carbonyl (C=O) groups is 1. The first-order valence-electron chi connectivity index (χ1n) is 8.16. The van der Waals surface area contributed by atoms with Crippen LogP contribution in [0.3, 0.4) is 0 Å². The Morgan fingerprint density at radius 3 is 2.54 bits per heavy atom. The molecule has 0 spiro atoms. The predicted octanol–water partition coefficient (Wildman–Crippen LogP) is 5.05. The molecule has 3 nitrogen and oxygen atoms in total. The summed E-state index contributed by atoms with van der Waals surface area (Å²) in [7, 11) is 0. The average molecular weight is 405 g/mol. The molecular formula is C20H18Cl2N2OS. The topological polar surface area (TPSA) is 41.1 Å².